The average molecular weight is 315 g/mol. The number of methoxy groups -OCH3 is 1. The maximum absolute atomic E-state index is 12.7. The van der Waals surface area contributed by atoms with E-state index >= 15 is 0 Å². The summed E-state index contributed by atoms with van der Waals surface area (Å²) in [5.41, 5.74) is -0.0917. The number of sulfonamides is 1. The summed E-state index contributed by atoms with van der Waals surface area (Å²) in [7, 11) is -0.974. The van der Waals surface area contributed by atoms with Gasteiger partial charge in [-0.2, -0.15) is 4.31 Å². The molecule has 0 spiro atoms. The van der Waals surface area contributed by atoms with Crippen LogP contribution in [-0.2, 0) is 10.0 Å². The first-order chi connectivity index (χ1) is 9.75. The van der Waals surface area contributed by atoms with Gasteiger partial charge in [-0.05, 0) is 31.5 Å². The third kappa shape index (κ3) is 3.74. The molecule has 6 nitrogen and oxygen atoms in total. The van der Waals surface area contributed by atoms with Gasteiger partial charge < -0.3 is 9.84 Å². The maximum atomic E-state index is 12.7. The highest BCUT2D eigenvalue weighted by Crippen LogP contribution is 2.28. The standard InChI is InChI=1S/C14H21NO5S/c1-5-6-10(2)15(3)21(18,19)13-9-11(14(16)17)7-8-12(13)20-4/h7-10H,5-6H2,1-4H3,(H,16,17). The van der Waals surface area contributed by atoms with Gasteiger partial charge in [0, 0.05) is 13.1 Å². The third-order valence-electron chi connectivity index (χ3n) is 3.39. The second kappa shape index (κ2) is 6.91. The average Bonchev–Trinajstić information content (AvgIpc) is 2.45. The molecule has 0 radical (unpaired) electrons. The molecule has 0 saturated heterocycles. The van der Waals surface area contributed by atoms with Crippen LogP contribution < -0.4 is 4.74 Å². The summed E-state index contributed by atoms with van der Waals surface area (Å²) in [6.07, 6.45) is 1.57. The summed E-state index contributed by atoms with van der Waals surface area (Å²) in [5, 5.41) is 9.02. The second-order valence-corrected chi connectivity index (χ2v) is 6.80. The van der Waals surface area contributed by atoms with Gasteiger partial charge in [0.1, 0.15) is 10.6 Å². The highest BCUT2D eigenvalue weighted by molar-refractivity contribution is 7.89. The lowest BCUT2D eigenvalue weighted by Crippen LogP contribution is -2.35. The number of benzene rings is 1. The number of carboxylic acids is 1. The first-order valence-electron chi connectivity index (χ1n) is 6.65. The number of aromatic carboxylic acids is 1. The van der Waals surface area contributed by atoms with Crippen LogP contribution >= 0.6 is 0 Å². The number of hydrogen-bond donors (Lipinski definition) is 1. The second-order valence-electron chi connectivity index (χ2n) is 4.83. The summed E-state index contributed by atoms with van der Waals surface area (Å²) in [6.45, 7) is 3.79. The van der Waals surface area contributed by atoms with Gasteiger partial charge >= 0.3 is 5.97 Å². The maximum Gasteiger partial charge on any atom is 0.335 e. The number of rotatable bonds is 7. The van der Waals surface area contributed by atoms with E-state index in [1.807, 2.05) is 13.8 Å². The largest absolute Gasteiger partial charge is 0.495 e. The quantitative estimate of drug-likeness (QED) is 0.834. The Bertz CT molecular complexity index is 612. The first kappa shape index (κ1) is 17.5. The molecule has 1 aromatic carbocycles. The Hall–Kier alpha value is -1.60. The lowest BCUT2D eigenvalue weighted by molar-refractivity contribution is 0.0696. The van der Waals surface area contributed by atoms with E-state index in [0.29, 0.717) is 0 Å². The Morgan fingerprint density at radius 2 is 2.05 bits per heavy atom. The molecule has 7 heteroatoms. The lowest BCUT2D eigenvalue weighted by atomic mass is 10.2. The fourth-order valence-corrected chi connectivity index (χ4v) is 3.57. The van der Waals surface area contributed by atoms with Crippen molar-refractivity contribution < 1.29 is 23.1 Å². The van der Waals surface area contributed by atoms with Crippen molar-refractivity contribution >= 4 is 16.0 Å². The van der Waals surface area contributed by atoms with E-state index in [4.69, 9.17) is 9.84 Å². The molecular weight excluding hydrogens is 294 g/mol. The van der Waals surface area contributed by atoms with Crippen LogP contribution in [0.2, 0.25) is 0 Å². The molecule has 0 aliphatic rings. The molecular formula is C14H21NO5S. The smallest absolute Gasteiger partial charge is 0.335 e. The van der Waals surface area contributed by atoms with Gasteiger partial charge in [-0.1, -0.05) is 13.3 Å². The van der Waals surface area contributed by atoms with Crippen molar-refractivity contribution in [3.63, 3.8) is 0 Å². The molecule has 1 atom stereocenters. The van der Waals surface area contributed by atoms with Gasteiger partial charge in [-0.15, -0.1) is 0 Å². The van der Waals surface area contributed by atoms with Crippen LogP contribution in [-0.4, -0.2) is 44.0 Å². The summed E-state index contributed by atoms with van der Waals surface area (Å²) < 4.78 is 31.6. The van der Waals surface area contributed by atoms with Crippen LogP contribution in [0.4, 0.5) is 0 Å². The number of nitrogens with zero attached hydrogens (tertiary/aromatic N) is 1. The fourth-order valence-electron chi connectivity index (χ4n) is 2.00. The summed E-state index contributed by atoms with van der Waals surface area (Å²) >= 11 is 0. The molecule has 1 rings (SSSR count). The zero-order valence-electron chi connectivity index (χ0n) is 12.7. The van der Waals surface area contributed by atoms with E-state index < -0.39 is 16.0 Å². The van der Waals surface area contributed by atoms with Crippen molar-refractivity contribution in [3.8, 4) is 5.75 Å². The van der Waals surface area contributed by atoms with E-state index in [1.165, 1.54) is 30.6 Å². The molecule has 0 amide bonds. The van der Waals surface area contributed by atoms with Crippen molar-refractivity contribution in [2.75, 3.05) is 14.2 Å². The molecule has 1 aromatic rings. The third-order valence-corrected chi connectivity index (χ3v) is 5.39. The Labute approximate surface area is 125 Å². The molecule has 118 valence electrons. The Balaban J connectivity index is 3.35. The number of carboxylic acid groups (broad SMARTS) is 1. The molecule has 0 saturated carbocycles. The SMILES string of the molecule is CCCC(C)N(C)S(=O)(=O)c1cc(C(=O)O)ccc1OC. The van der Waals surface area contributed by atoms with Gasteiger partial charge in [0.25, 0.3) is 0 Å². The van der Waals surface area contributed by atoms with E-state index in [-0.39, 0.29) is 22.3 Å². The van der Waals surface area contributed by atoms with Crippen molar-refractivity contribution in [3.05, 3.63) is 23.8 Å². The van der Waals surface area contributed by atoms with Gasteiger partial charge in [0.15, 0.2) is 0 Å². The lowest BCUT2D eigenvalue weighted by Gasteiger charge is -2.25. The molecule has 1 N–H and O–H groups in total. The Morgan fingerprint density at radius 1 is 1.43 bits per heavy atom. The first-order valence-corrected chi connectivity index (χ1v) is 8.09. The number of ether oxygens (including phenoxy) is 1. The van der Waals surface area contributed by atoms with Crippen molar-refractivity contribution in [2.45, 2.75) is 37.6 Å². The zero-order chi connectivity index (χ0) is 16.2. The van der Waals surface area contributed by atoms with Crippen LogP contribution in [0.15, 0.2) is 23.1 Å². The van der Waals surface area contributed by atoms with E-state index in [9.17, 15) is 13.2 Å². The minimum absolute atomic E-state index is 0.0917. The van der Waals surface area contributed by atoms with Crippen molar-refractivity contribution in [2.24, 2.45) is 0 Å². The molecule has 0 heterocycles. The van der Waals surface area contributed by atoms with Crippen LogP contribution in [0, 0.1) is 0 Å². The molecule has 0 fully saturated rings. The fraction of sp³-hybridized carbons (Fsp3) is 0.500. The van der Waals surface area contributed by atoms with E-state index in [2.05, 4.69) is 0 Å². The predicted octanol–water partition coefficient (Wildman–Crippen LogP) is 2.20. The topological polar surface area (TPSA) is 83.9 Å². The summed E-state index contributed by atoms with van der Waals surface area (Å²) in [6, 6.07) is 3.62. The molecule has 0 aliphatic heterocycles. The zero-order valence-corrected chi connectivity index (χ0v) is 13.5. The van der Waals surface area contributed by atoms with Gasteiger partial charge in [0.05, 0.1) is 12.7 Å². The van der Waals surface area contributed by atoms with Gasteiger partial charge in [-0.3, -0.25) is 0 Å². The van der Waals surface area contributed by atoms with Crippen LogP contribution in [0.5, 0.6) is 5.75 Å². The Morgan fingerprint density at radius 3 is 2.52 bits per heavy atom. The van der Waals surface area contributed by atoms with Crippen molar-refractivity contribution in [1.82, 2.24) is 4.31 Å². The molecule has 0 aromatic heterocycles. The van der Waals surface area contributed by atoms with Crippen LogP contribution in [0.3, 0.4) is 0 Å². The summed E-state index contributed by atoms with van der Waals surface area (Å²) in [5.74, 6) is -1.05. The molecule has 1 unspecified atom stereocenters. The van der Waals surface area contributed by atoms with E-state index in [1.54, 1.807) is 0 Å². The van der Waals surface area contributed by atoms with Crippen LogP contribution in [0.1, 0.15) is 37.0 Å². The normalized spacial score (nSPS) is 13.2. The van der Waals surface area contributed by atoms with Crippen LogP contribution in [0.25, 0.3) is 0 Å². The minimum atomic E-state index is -3.81. The minimum Gasteiger partial charge on any atom is -0.495 e. The van der Waals surface area contributed by atoms with Gasteiger partial charge in [-0.25, -0.2) is 13.2 Å². The molecule has 21 heavy (non-hydrogen) atoms. The number of hydrogen-bond acceptors (Lipinski definition) is 4. The predicted molar refractivity (Wildman–Crippen MR) is 79.3 cm³/mol. The Kier molecular flexibility index (Phi) is 5.74. The van der Waals surface area contributed by atoms with Gasteiger partial charge in [0.2, 0.25) is 10.0 Å². The number of carbonyl (C=O) groups is 1. The monoisotopic (exact) mass is 315 g/mol. The van der Waals surface area contributed by atoms with E-state index in [0.717, 1.165) is 18.9 Å². The molecule has 0 aliphatic carbocycles. The highest BCUT2D eigenvalue weighted by Gasteiger charge is 2.29. The highest BCUT2D eigenvalue weighted by atomic mass is 32.2. The summed E-state index contributed by atoms with van der Waals surface area (Å²) in [4.78, 5) is 10.9. The molecule has 0 bridgehead atoms. The van der Waals surface area contributed by atoms with Crippen molar-refractivity contribution in [1.29, 1.82) is 0 Å².